The highest BCUT2D eigenvalue weighted by Crippen LogP contribution is 2.32. The van der Waals surface area contributed by atoms with Crippen molar-refractivity contribution in [3.63, 3.8) is 0 Å². The highest BCUT2D eigenvalue weighted by molar-refractivity contribution is 5.74. The van der Waals surface area contributed by atoms with Gasteiger partial charge in [-0.25, -0.2) is 9.78 Å². The van der Waals surface area contributed by atoms with Crippen LogP contribution in [0.2, 0.25) is 0 Å². The number of hydrogen-bond acceptors (Lipinski definition) is 3. The van der Waals surface area contributed by atoms with Crippen molar-refractivity contribution in [2.75, 3.05) is 26.3 Å². The number of benzene rings is 1. The molecule has 0 spiro atoms. The first-order chi connectivity index (χ1) is 13.7. The average Bonchev–Trinajstić information content (AvgIpc) is 3.15. The average molecular weight is 383 g/mol. The van der Waals surface area contributed by atoms with Crippen molar-refractivity contribution >= 4 is 6.03 Å². The van der Waals surface area contributed by atoms with Crippen molar-refractivity contribution in [2.24, 2.45) is 0 Å². The molecule has 0 saturated carbocycles. The second kappa shape index (κ2) is 8.78. The number of nitrogens with zero attached hydrogens (tertiary/aromatic N) is 3. The number of urea groups is 1. The fourth-order valence-electron chi connectivity index (χ4n) is 4.41. The number of nitrogens with one attached hydrogen (secondary N) is 1. The molecule has 1 aromatic heterocycles. The number of hydrogen-bond donors (Lipinski definition) is 1. The van der Waals surface area contributed by atoms with Crippen LogP contribution in [-0.4, -0.2) is 46.8 Å². The molecule has 2 aliphatic heterocycles. The van der Waals surface area contributed by atoms with E-state index in [0.29, 0.717) is 18.5 Å². The molecule has 2 aromatic rings. The second-order valence-corrected chi connectivity index (χ2v) is 7.88. The van der Waals surface area contributed by atoms with Gasteiger partial charge in [0.05, 0.1) is 0 Å². The van der Waals surface area contributed by atoms with Gasteiger partial charge in [0.25, 0.3) is 0 Å². The van der Waals surface area contributed by atoms with Crippen LogP contribution in [0.25, 0.3) is 0 Å². The summed E-state index contributed by atoms with van der Waals surface area (Å²) >= 11 is 0. The van der Waals surface area contributed by atoms with Gasteiger partial charge < -0.3 is 19.5 Å². The Kier molecular flexibility index (Phi) is 5.95. The van der Waals surface area contributed by atoms with Gasteiger partial charge in [-0.3, -0.25) is 0 Å². The molecule has 1 aromatic carbocycles. The molecular weight excluding hydrogens is 352 g/mol. The Hall–Kier alpha value is -2.34. The first-order valence-corrected chi connectivity index (χ1v) is 10.4. The number of imidazole rings is 1. The first kappa shape index (κ1) is 19.0. The van der Waals surface area contributed by atoms with Crippen LogP contribution in [0.5, 0.6) is 0 Å². The lowest BCUT2D eigenvalue weighted by atomic mass is 9.97. The number of likely N-dealkylation sites (tertiary alicyclic amines) is 1. The summed E-state index contributed by atoms with van der Waals surface area (Å²) in [4.78, 5) is 19.2. The number of amides is 2. The molecule has 6 heteroatoms. The molecule has 0 bridgehead atoms. The third-order valence-electron chi connectivity index (χ3n) is 6.00. The molecule has 2 aliphatic rings. The molecule has 1 N–H and O–H groups in total. The third kappa shape index (κ3) is 4.22. The summed E-state index contributed by atoms with van der Waals surface area (Å²) < 4.78 is 7.96. The zero-order chi connectivity index (χ0) is 19.3. The van der Waals surface area contributed by atoms with E-state index in [1.54, 1.807) is 0 Å². The van der Waals surface area contributed by atoms with Crippen LogP contribution in [0.1, 0.15) is 54.7 Å². The number of ether oxygens (including phenoxy) is 1. The minimum Gasteiger partial charge on any atom is -0.381 e. The molecule has 0 unspecified atom stereocenters. The lowest BCUT2D eigenvalue weighted by Crippen LogP contribution is -2.44. The lowest BCUT2D eigenvalue weighted by Gasteiger charge is -2.35. The molecule has 0 aliphatic carbocycles. The Bertz CT molecular complexity index is 775. The molecule has 2 fully saturated rings. The second-order valence-electron chi connectivity index (χ2n) is 7.88. The predicted molar refractivity (Wildman–Crippen MR) is 108 cm³/mol. The minimum absolute atomic E-state index is 0.0364. The van der Waals surface area contributed by atoms with Crippen molar-refractivity contribution in [1.29, 1.82) is 0 Å². The Morgan fingerprint density at radius 3 is 2.57 bits per heavy atom. The lowest BCUT2D eigenvalue weighted by molar-refractivity contribution is 0.0817. The van der Waals surface area contributed by atoms with Crippen molar-refractivity contribution in [3.05, 3.63) is 53.6 Å². The number of aromatic nitrogens is 2. The summed E-state index contributed by atoms with van der Waals surface area (Å²) in [6.07, 6.45) is 6.07. The molecule has 150 valence electrons. The van der Waals surface area contributed by atoms with Gasteiger partial charge in [-0.05, 0) is 38.2 Å². The number of rotatable bonds is 4. The van der Waals surface area contributed by atoms with Crippen LogP contribution in [0, 0.1) is 6.92 Å². The van der Waals surface area contributed by atoms with E-state index in [1.807, 2.05) is 41.4 Å². The van der Waals surface area contributed by atoms with Crippen molar-refractivity contribution in [3.8, 4) is 0 Å². The van der Waals surface area contributed by atoms with Gasteiger partial charge in [0.15, 0.2) is 0 Å². The summed E-state index contributed by atoms with van der Waals surface area (Å²) in [6.45, 7) is 5.96. The molecule has 2 amide bonds. The third-order valence-corrected chi connectivity index (χ3v) is 6.00. The molecule has 0 atom stereocenters. The summed E-state index contributed by atoms with van der Waals surface area (Å²) in [5.41, 5.74) is 2.36. The first-order valence-electron chi connectivity index (χ1n) is 10.4. The summed E-state index contributed by atoms with van der Waals surface area (Å²) in [5.74, 6) is 1.71. The maximum absolute atomic E-state index is 12.5. The van der Waals surface area contributed by atoms with E-state index in [0.717, 1.165) is 57.6 Å². The number of aryl methyl sites for hydroxylation is 1. The summed E-state index contributed by atoms with van der Waals surface area (Å²) in [5, 5.41) is 3.05. The molecule has 28 heavy (non-hydrogen) atoms. The summed E-state index contributed by atoms with van der Waals surface area (Å²) in [7, 11) is 0. The van der Waals surface area contributed by atoms with E-state index in [4.69, 9.17) is 9.72 Å². The molecule has 6 nitrogen and oxygen atoms in total. The van der Waals surface area contributed by atoms with Crippen molar-refractivity contribution in [2.45, 2.75) is 51.1 Å². The van der Waals surface area contributed by atoms with E-state index in [-0.39, 0.29) is 6.03 Å². The van der Waals surface area contributed by atoms with Crippen LogP contribution >= 0.6 is 0 Å². The van der Waals surface area contributed by atoms with E-state index in [9.17, 15) is 4.79 Å². The Balaban J connectivity index is 1.34. The van der Waals surface area contributed by atoms with E-state index >= 15 is 0 Å². The van der Waals surface area contributed by atoms with Crippen molar-refractivity contribution in [1.82, 2.24) is 19.8 Å². The normalized spacial score (nSPS) is 19.0. The Labute approximate surface area is 166 Å². The fraction of sp³-hybridized carbons (Fsp3) is 0.545. The smallest absolute Gasteiger partial charge is 0.317 e. The van der Waals surface area contributed by atoms with Crippen LogP contribution in [-0.2, 0) is 11.3 Å². The maximum Gasteiger partial charge on any atom is 0.317 e. The van der Waals surface area contributed by atoms with Gasteiger partial charge in [-0.2, -0.15) is 0 Å². The number of piperidine rings is 1. The zero-order valence-corrected chi connectivity index (χ0v) is 16.6. The Morgan fingerprint density at radius 2 is 1.86 bits per heavy atom. The van der Waals surface area contributed by atoms with Crippen LogP contribution in [0.4, 0.5) is 4.79 Å². The van der Waals surface area contributed by atoms with Gasteiger partial charge in [-0.1, -0.05) is 30.3 Å². The van der Waals surface area contributed by atoms with Gasteiger partial charge in [0, 0.05) is 56.7 Å². The monoisotopic (exact) mass is 382 g/mol. The van der Waals surface area contributed by atoms with Crippen LogP contribution in [0.15, 0.2) is 36.5 Å². The Morgan fingerprint density at radius 1 is 1.14 bits per heavy atom. The molecule has 4 rings (SSSR count). The quantitative estimate of drug-likeness (QED) is 0.878. The highest BCUT2D eigenvalue weighted by atomic mass is 16.5. The standard InChI is InChI=1S/C22H30N4O2/c1-17-15-23-21(19-9-13-28-14-10-19)26(17)20-7-11-25(12-8-20)22(27)24-16-18-5-3-2-4-6-18/h2-6,15,19-20H,7-14,16H2,1H3,(H,24,27). The van der Waals surface area contributed by atoms with E-state index < -0.39 is 0 Å². The largest absolute Gasteiger partial charge is 0.381 e. The molecule has 3 heterocycles. The number of carbonyl (C=O) groups is 1. The molecule has 0 radical (unpaired) electrons. The molecular formula is C22H30N4O2. The topological polar surface area (TPSA) is 59.4 Å². The van der Waals surface area contributed by atoms with Gasteiger partial charge in [0.1, 0.15) is 5.82 Å². The van der Waals surface area contributed by atoms with Crippen LogP contribution < -0.4 is 5.32 Å². The van der Waals surface area contributed by atoms with Crippen LogP contribution in [0.3, 0.4) is 0 Å². The van der Waals surface area contributed by atoms with Gasteiger partial charge >= 0.3 is 6.03 Å². The van der Waals surface area contributed by atoms with E-state index in [1.165, 1.54) is 11.5 Å². The number of carbonyl (C=O) groups excluding carboxylic acids is 1. The van der Waals surface area contributed by atoms with Crippen molar-refractivity contribution < 1.29 is 9.53 Å². The maximum atomic E-state index is 12.5. The zero-order valence-electron chi connectivity index (χ0n) is 16.6. The highest BCUT2D eigenvalue weighted by Gasteiger charge is 2.29. The molecule has 2 saturated heterocycles. The SMILES string of the molecule is Cc1cnc(C2CCOCC2)n1C1CCN(C(=O)NCc2ccccc2)CC1. The van der Waals surface area contributed by atoms with Gasteiger partial charge in [0.2, 0.25) is 0 Å². The van der Waals surface area contributed by atoms with Gasteiger partial charge in [-0.15, -0.1) is 0 Å². The predicted octanol–water partition coefficient (Wildman–Crippen LogP) is 3.63. The fourth-order valence-corrected chi connectivity index (χ4v) is 4.41. The minimum atomic E-state index is 0.0364. The van der Waals surface area contributed by atoms with E-state index in [2.05, 4.69) is 16.8 Å². The summed E-state index contributed by atoms with van der Waals surface area (Å²) in [6, 6.07) is 10.5.